The Morgan fingerprint density at radius 1 is 1.85 bits per heavy atom. The molecule has 0 aliphatic carbocycles. The van der Waals surface area contributed by atoms with E-state index in [9.17, 15) is 9.59 Å². The van der Waals surface area contributed by atoms with Crippen molar-refractivity contribution in [3.05, 3.63) is 0 Å². The van der Waals surface area contributed by atoms with Gasteiger partial charge in [-0.25, -0.2) is 0 Å². The minimum absolute atomic E-state index is 0.0299. The molecule has 13 heavy (non-hydrogen) atoms. The predicted octanol–water partition coefficient (Wildman–Crippen LogP) is -0.753. The van der Waals surface area contributed by atoms with Crippen molar-refractivity contribution in [1.29, 1.82) is 5.26 Å². The van der Waals surface area contributed by atoms with Crippen molar-refractivity contribution in [2.75, 3.05) is 13.6 Å². The van der Waals surface area contributed by atoms with E-state index in [0.717, 1.165) is 0 Å². The van der Waals surface area contributed by atoms with Gasteiger partial charge in [0, 0.05) is 20.0 Å². The van der Waals surface area contributed by atoms with Gasteiger partial charge in [0.15, 0.2) is 0 Å². The molecule has 0 spiro atoms. The zero-order valence-electron chi connectivity index (χ0n) is 7.41. The van der Waals surface area contributed by atoms with Crippen molar-refractivity contribution in [2.24, 2.45) is 0 Å². The van der Waals surface area contributed by atoms with Gasteiger partial charge in [-0.2, -0.15) is 5.26 Å². The molecule has 1 rings (SSSR count). The number of nitrogens with one attached hydrogen (secondary N) is 1. The Morgan fingerprint density at radius 2 is 2.54 bits per heavy atom. The Kier molecular flexibility index (Phi) is 2.85. The minimum Gasteiger partial charge on any atom is -0.350 e. The highest BCUT2D eigenvalue weighted by molar-refractivity contribution is 5.82. The molecule has 1 N–H and O–H groups in total. The Morgan fingerprint density at radius 3 is 3.00 bits per heavy atom. The third-order valence-electron chi connectivity index (χ3n) is 1.95. The molecule has 1 aliphatic heterocycles. The molecule has 1 heterocycles. The lowest BCUT2D eigenvalue weighted by molar-refractivity contribution is -0.126. The normalized spacial score (nSPS) is 21.4. The van der Waals surface area contributed by atoms with E-state index in [1.54, 1.807) is 18.0 Å². The van der Waals surface area contributed by atoms with Crippen LogP contribution in [0.1, 0.15) is 12.8 Å². The number of likely N-dealkylation sites (tertiary alicyclic amines) is 1. The highest BCUT2D eigenvalue weighted by Crippen LogP contribution is 2.07. The van der Waals surface area contributed by atoms with Crippen LogP contribution in [0, 0.1) is 11.3 Å². The monoisotopic (exact) mass is 181 g/mol. The van der Waals surface area contributed by atoms with Crippen LogP contribution in [0.4, 0.5) is 0 Å². The second-order valence-corrected chi connectivity index (χ2v) is 3.08. The third kappa shape index (κ3) is 2.44. The van der Waals surface area contributed by atoms with Crippen LogP contribution in [0.5, 0.6) is 0 Å². The lowest BCUT2D eigenvalue weighted by Crippen LogP contribution is -2.36. The first kappa shape index (κ1) is 9.52. The van der Waals surface area contributed by atoms with Crippen molar-refractivity contribution in [2.45, 2.75) is 18.9 Å². The van der Waals surface area contributed by atoms with Crippen LogP contribution in [0.3, 0.4) is 0 Å². The van der Waals surface area contributed by atoms with Gasteiger partial charge in [0.2, 0.25) is 11.8 Å². The van der Waals surface area contributed by atoms with Crippen LogP contribution in [0.25, 0.3) is 0 Å². The lowest BCUT2D eigenvalue weighted by Gasteiger charge is -2.10. The maximum atomic E-state index is 11.0. The quantitative estimate of drug-likeness (QED) is 0.609. The van der Waals surface area contributed by atoms with Gasteiger partial charge in [0.25, 0.3) is 0 Å². The summed E-state index contributed by atoms with van der Waals surface area (Å²) in [6.45, 7) is 0.538. The number of amides is 2. The minimum atomic E-state index is -0.310. The second kappa shape index (κ2) is 3.90. The van der Waals surface area contributed by atoms with Gasteiger partial charge < -0.3 is 10.2 Å². The SMILES string of the molecule is CN1CC(NC(=O)CC#N)CC1=O. The number of nitriles is 1. The van der Waals surface area contributed by atoms with E-state index >= 15 is 0 Å². The van der Waals surface area contributed by atoms with E-state index < -0.39 is 0 Å². The van der Waals surface area contributed by atoms with Crippen LogP contribution in [-0.4, -0.2) is 36.3 Å². The van der Waals surface area contributed by atoms with Gasteiger partial charge in [-0.3, -0.25) is 9.59 Å². The first-order valence-corrected chi connectivity index (χ1v) is 4.03. The number of carbonyl (C=O) groups is 2. The molecule has 1 fully saturated rings. The fourth-order valence-corrected chi connectivity index (χ4v) is 1.31. The maximum absolute atomic E-state index is 11.0. The molecule has 0 saturated carbocycles. The smallest absolute Gasteiger partial charge is 0.234 e. The van der Waals surface area contributed by atoms with Crippen LogP contribution >= 0.6 is 0 Å². The summed E-state index contributed by atoms with van der Waals surface area (Å²) in [5.41, 5.74) is 0. The average molecular weight is 181 g/mol. The number of carbonyl (C=O) groups excluding carboxylic acids is 2. The van der Waals surface area contributed by atoms with Crippen molar-refractivity contribution >= 4 is 11.8 Å². The van der Waals surface area contributed by atoms with Crippen molar-refractivity contribution < 1.29 is 9.59 Å². The van der Waals surface area contributed by atoms with Crippen LogP contribution in [-0.2, 0) is 9.59 Å². The molecule has 2 amide bonds. The molecule has 0 aromatic rings. The molecule has 5 nitrogen and oxygen atoms in total. The number of likely N-dealkylation sites (N-methyl/N-ethyl adjacent to an activating group) is 1. The Bertz CT molecular complexity index is 269. The summed E-state index contributed by atoms with van der Waals surface area (Å²) in [7, 11) is 1.69. The summed E-state index contributed by atoms with van der Waals surface area (Å²) in [4.78, 5) is 23.5. The highest BCUT2D eigenvalue weighted by Gasteiger charge is 2.27. The molecular formula is C8H11N3O2. The summed E-state index contributed by atoms with van der Waals surface area (Å²) in [6, 6.07) is 1.63. The first-order chi connectivity index (χ1) is 6.13. The van der Waals surface area contributed by atoms with Gasteiger partial charge in [0.1, 0.15) is 6.42 Å². The predicted molar refractivity (Wildman–Crippen MR) is 44.4 cm³/mol. The molecule has 0 radical (unpaired) electrons. The van der Waals surface area contributed by atoms with Crippen LogP contribution in [0.15, 0.2) is 0 Å². The summed E-state index contributed by atoms with van der Waals surface area (Å²) in [5, 5.41) is 10.8. The summed E-state index contributed by atoms with van der Waals surface area (Å²) in [6.07, 6.45) is 0.197. The number of hydrogen-bond donors (Lipinski definition) is 1. The highest BCUT2D eigenvalue weighted by atomic mass is 16.2. The molecule has 1 saturated heterocycles. The van der Waals surface area contributed by atoms with Gasteiger partial charge >= 0.3 is 0 Å². The van der Waals surface area contributed by atoms with Crippen molar-refractivity contribution in [1.82, 2.24) is 10.2 Å². The van der Waals surface area contributed by atoms with Crippen LogP contribution in [0.2, 0.25) is 0 Å². The largest absolute Gasteiger partial charge is 0.350 e. The van der Waals surface area contributed by atoms with E-state index in [2.05, 4.69) is 5.32 Å². The van der Waals surface area contributed by atoms with Crippen molar-refractivity contribution in [3.63, 3.8) is 0 Å². The lowest BCUT2D eigenvalue weighted by atomic mass is 10.2. The third-order valence-corrected chi connectivity index (χ3v) is 1.95. The molecule has 1 atom stereocenters. The Labute approximate surface area is 76.3 Å². The molecule has 1 unspecified atom stereocenters. The van der Waals surface area contributed by atoms with E-state index in [1.165, 1.54) is 0 Å². The Balaban J connectivity index is 2.36. The van der Waals surface area contributed by atoms with E-state index in [1.807, 2.05) is 0 Å². The zero-order valence-corrected chi connectivity index (χ0v) is 7.41. The fraction of sp³-hybridized carbons (Fsp3) is 0.625. The van der Waals surface area contributed by atoms with E-state index in [-0.39, 0.29) is 24.3 Å². The van der Waals surface area contributed by atoms with E-state index in [4.69, 9.17) is 5.26 Å². The Hall–Kier alpha value is -1.57. The molecular weight excluding hydrogens is 170 g/mol. The summed E-state index contributed by atoms with van der Waals surface area (Å²) in [5.74, 6) is -0.280. The van der Waals surface area contributed by atoms with E-state index in [0.29, 0.717) is 13.0 Å². The van der Waals surface area contributed by atoms with Gasteiger partial charge in [0.05, 0.1) is 12.1 Å². The van der Waals surface area contributed by atoms with Gasteiger partial charge in [-0.15, -0.1) is 0 Å². The number of hydrogen-bond acceptors (Lipinski definition) is 3. The topological polar surface area (TPSA) is 73.2 Å². The van der Waals surface area contributed by atoms with Crippen LogP contribution < -0.4 is 5.32 Å². The second-order valence-electron chi connectivity index (χ2n) is 3.08. The summed E-state index contributed by atoms with van der Waals surface area (Å²) < 4.78 is 0. The van der Waals surface area contributed by atoms with Crippen molar-refractivity contribution in [3.8, 4) is 6.07 Å². The van der Waals surface area contributed by atoms with Gasteiger partial charge in [-0.1, -0.05) is 0 Å². The number of rotatable bonds is 2. The fourth-order valence-electron chi connectivity index (χ4n) is 1.31. The average Bonchev–Trinajstić information content (AvgIpc) is 2.31. The molecule has 1 aliphatic rings. The standard InChI is InChI=1S/C8H11N3O2/c1-11-5-6(4-8(11)13)10-7(12)2-3-9/h6H,2,4-5H2,1H3,(H,10,12). The maximum Gasteiger partial charge on any atom is 0.234 e. The molecule has 0 bridgehead atoms. The van der Waals surface area contributed by atoms with Gasteiger partial charge in [-0.05, 0) is 0 Å². The molecule has 70 valence electrons. The molecule has 5 heteroatoms. The number of nitrogens with zero attached hydrogens (tertiary/aromatic N) is 2. The first-order valence-electron chi connectivity index (χ1n) is 4.03. The zero-order chi connectivity index (χ0) is 9.84. The summed E-state index contributed by atoms with van der Waals surface area (Å²) >= 11 is 0. The molecule has 0 aromatic heterocycles. The molecule has 0 aromatic carbocycles.